The third-order valence-electron chi connectivity index (χ3n) is 6.63. The number of halogens is 3. The van der Waals surface area contributed by atoms with Gasteiger partial charge in [-0.3, -0.25) is 9.78 Å². The minimum absolute atomic E-state index is 0.0315. The summed E-state index contributed by atoms with van der Waals surface area (Å²) in [6.07, 6.45) is 3.64. The number of allylic oxidation sites excluding steroid dienone is 1. The first-order valence-electron chi connectivity index (χ1n) is 10.2. The van der Waals surface area contributed by atoms with E-state index in [2.05, 4.69) is 4.98 Å². The van der Waals surface area contributed by atoms with Gasteiger partial charge in [0.25, 0.3) is 0 Å². The average molecular weight is 406 g/mol. The molecule has 1 saturated carbocycles. The fraction of sp³-hybridized carbons (Fsp3) is 0.545. The number of carbonyl (C=O) groups is 1. The van der Waals surface area contributed by atoms with Gasteiger partial charge in [-0.15, -0.1) is 0 Å². The van der Waals surface area contributed by atoms with Gasteiger partial charge in [0.2, 0.25) is 5.91 Å². The maximum atomic E-state index is 12.9. The lowest BCUT2D eigenvalue weighted by atomic mass is 9.67. The zero-order valence-corrected chi connectivity index (χ0v) is 16.4. The molecule has 156 valence electrons. The van der Waals surface area contributed by atoms with Crippen molar-refractivity contribution in [3.05, 3.63) is 41.2 Å². The predicted octanol–water partition coefficient (Wildman–Crippen LogP) is 4.95. The van der Waals surface area contributed by atoms with Crippen molar-refractivity contribution in [1.29, 1.82) is 0 Å². The fourth-order valence-electron chi connectivity index (χ4n) is 5.15. The number of hydrogen-bond donors (Lipinski definition) is 1. The van der Waals surface area contributed by atoms with Gasteiger partial charge in [0.15, 0.2) is 0 Å². The fourth-order valence-corrected chi connectivity index (χ4v) is 5.15. The average Bonchev–Trinajstić information content (AvgIpc) is 2.68. The summed E-state index contributed by atoms with van der Waals surface area (Å²) in [5.74, 6) is -0.129. The van der Waals surface area contributed by atoms with E-state index in [-0.39, 0.29) is 5.92 Å². The van der Waals surface area contributed by atoms with Gasteiger partial charge in [0, 0.05) is 23.8 Å². The quantitative estimate of drug-likeness (QED) is 0.772. The number of nitrogens with two attached hydrogens (primary N) is 1. The van der Waals surface area contributed by atoms with E-state index < -0.39 is 30.0 Å². The van der Waals surface area contributed by atoms with Crippen LogP contribution in [0.15, 0.2) is 35.7 Å². The van der Waals surface area contributed by atoms with E-state index in [1.54, 1.807) is 12.4 Å². The Morgan fingerprint density at radius 2 is 2.07 bits per heavy atom. The third kappa shape index (κ3) is 3.67. The van der Waals surface area contributed by atoms with Gasteiger partial charge >= 0.3 is 6.18 Å². The number of primary amides is 1. The normalized spacial score (nSPS) is 29.0. The summed E-state index contributed by atoms with van der Waals surface area (Å²) in [6, 6.07) is 1.91. The second-order valence-electron chi connectivity index (χ2n) is 8.40. The van der Waals surface area contributed by atoms with Crippen molar-refractivity contribution in [3.8, 4) is 5.75 Å². The molecule has 1 aromatic rings. The van der Waals surface area contributed by atoms with E-state index in [0.717, 1.165) is 23.1 Å². The monoisotopic (exact) mass is 406 g/mol. The molecule has 0 unspecified atom stereocenters. The zero-order chi connectivity index (χ0) is 20.8. The molecule has 0 bridgehead atoms. The molecule has 1 amide bonds. The van der Waals surface area contributed by atoms with Crippen LogP contribution in [0.2, 0.25) is 0 Å². The number of nitrogens with zero attached hydrogens (tertiary/aromatic N) is 1. The van der Waals surface area contributed by atoms with Gasteiger partial charge in [-0.1, -0.05) is 6.92 Å². The lowest BCUT2D eigenvalue weighted by Gasteiger charge is -2.47. The number of pyridine rings is 1. The van der Waals surface area contributed by atoms with Crippen LogP contribution in [-0.4, -0.2) is 22.7 Å². The van der Waals surface area contributed by atoms with Gasteiger partial charge in [-0.05, 0) is 73.6 Å². The summed E-state index contributed by atoms with van der Waals surface area (Å²) in [6.45, 7) is 2.03. The molecule has 3 aliphatic rings. The Hall–Kier alpha value is -2.31. The third-order valence-corrected chi connectivity index (χ3v) is 6.63. The second kappa shape index (κ2) is 7.18. The topological polar surface area (TPSA) is 65.2 Å². The molecule has 0 aromatic carbocycles. The molecule has 2 heterocycles. The Balaban J connectivity index is 1.74. The zero-order valence-electron chi connectivity index (χ0n) is 16.4. The van der Waals surface area contributed by atoms with Gasteiger partial charge in [-0.2, -0.15) is 13.2 Å². The van der Waals surface area contributed by atoms with Crippen LogP contribution in [0.4, 0.5) is 13.2 Å². The second-order valence-corrected chi connectivity index (χ2v) is 8.40. The van der Waals surface area contributed by atoms with Crippen molar-refractivity contribution in [1.82, 2.24) is 4.98 Å². The summed E-state index contributed by atoms with van der Waals surface area (Å²) in [7, 11) is 0. The Morgan fingerprint density at radius 1 is 1.34 bits per heavy atom. The minimum atomic E-state index is -4.15. The molecule has 0 saturated heterocycles. The Bertz CT molecular complexity index is 880. The van der Waals surface area contributed by atoms with E-state index in [1.807, 2.05) is 19.1 Å². The first-order chi connectivity index (χ1) is 13.7. The van der Waals surface area contributed by atoms with E-state index in [4.69, 9.17) is 10.5 Å². The van der Waals surface area contributed by atoms with Crippen LogP contribution in [0.1, 0.15) is 57.4 Å². The molecule has 0 radical (unpaired) electrons. The number of rotatable bonds is 3. The van der Waals surface area contributed by atoms with Crippen molar-refractivity contribution < 1.29 is 22.7 Å². The van der Waals surface area contributed by atoms with Crippen molar-refractivity contribution in [2.45, 2.75) is 63.6 Å². The van der Waals surface area contributed by atoms with Crippen molar-refractivity contribution in [2.24, 2.45) is 17.6 Å². The molecule has 4 rings (SSSR count). The molecular weight excluding hydrogens is 381 g/mol. The van der Waals surface area contributed by atoms with Crippen LogP contribution in [0.5, 0.6) is 5.75 Å². The van der Waals surface area contributed by atoms with Crippen molar-refractivity contribution in [2.75, 3.05) is 0 Å². The van der Waals surface area contributed by atoms with Gasteiger partial charge in [-0.25, -0.2) is 0 Å². The smallest absolute Gasteiger partial charge is 0.389 e. The predicted molar refractivity (Wildman–Crippen MR) is 103 cm³/mol. The molecule has 1 atom stereocenters. The molecule has 1 spiro atoms. The molecule has 4 nitrogen and oxygen atoms in total. The van der Waals surface area contributed by atoms with E-state index in [0.29, 0.717) is 43.4 Å². The lowest BCUT2D eigenvalue weighted by Crippen LogP contribution is -2.45. The highest BCUT2D eigenvalue weighted by atomic mass is 19.4. The Labute approximate surface area is 168 Å². The van der Waals surface area contributed by atoms with Crippen LogP contribution in [-0.2, 0) is 4.79 Å². The highest BCUT2D eigenvalue weighted by molar-refractivity contribution is 5.96. The number of hydrogen-bond acceptors (Lipinski definition) is 3. The largest absolute Gasteiger partial charge is 0.480 e. The molecule has 1 aliphatic heterocycles. The molecule has 2 N–H and O–H groups in total. The maximum absolute atomic E-state index is 12.9. The standard InChI is InChI=1S/C22H25F3N2O2/c1-2-14-9-17-15-5-8-27-12-19(15)29-21(18(17)10-16(14)20(26)28)6-3-13(4-7-21)11-22(23,24)25/h5,8,10,12-14H,2-4,6-7,9,11H2,1H3,(H2,26,28)/t13?,14-,21?/m1/s1. The van der Waals surface area contributed by atoms with Crippen LogP contribution in [0, 0.1) is 11.8 Å². The summed E-state index contributed by atoms with van der Waals surface area (Å²) in [5.41, 5.74) is 8.51. The van der Waals surface area contributed by atoms with E-state index in [9.17, 15) is 18.0 Å². The van der Waals surface area contributed by atoms with Crippen molar-refractivity contribution in [3.63, 3.8) is 0 Å². The molecule has 29 heavy (non-hydrogen) atoms. The Morgan fingerprint density at radius 3 is 2.69 bits per heavy atom. The van der Waals surface area contributed by atoms with E-state index in [1.165, 1.54) is 0 Å². The number of aromatic nitrogens is 1. The molecule has 2 aliphatic carbocycles. The van der Waals surface area contributed by atoms with Gasteiger partial charge in [0.1, 0.15) is 11.4 Å². The van der Waals surface area contributed by atoms with Crippen LogP contribution < -0.4 is 10.5 Å². The number of fused-ring (bicyclic) bond motifs is 3. The summed E-state index contributed by atoms with van der Waals surface area (Å²) >= 11 is 0. The van der Waals surface area contributed by atoms with Crippen LogP contribution in [0.25, 0.3) is 5.57 Å². The van der Waals surface area contributed by atoms with Gasteiger partial charge < -0.3 is 10.5 Å². The van der Waals surface area contributed by atoms with Crippen LogP contribution >= 0.6 is 0 Å². The molecule has 1 aromatic heterocycles. The SMILES string of the molecule is CC[C@@H]1CC2=C(C=C1C(N)=O)C1(CCC(CC(F)(F)F)CC1)Oc1cnccc12. The number of ether oxygens (including phenoxy) is 1. The van der Waals surface area contributed by atoms with Crippen LogP contribution in [0.3, 0.4) is 0 Å². The molecule has 7 heteroatoms. The summed E-state index contributed by atoms with van der Waals surface area (Å²) in [5, 5.41) is 0. The molecular formula is C22H25F3N2O2. The first kappa shape index (κ1) is 20.0. The highest BCUT2D eigenvalue weighted by Gasteiger charge is 2.48. The highest BCUT2D eigenvalue weighted by Crippen LogP contribution is 2.53. The lowest BCUT2D eigenvalue weighted by molar-refractivity contribution is -0.149. The summed E-state index contributed by atoms with van der Waals surface area (Å²) < 4.78 is 45.0. The van der Waals surface area contributed by atoms with Gasteiger partial charge in [0.05, 0.1) is 6.20 Å². The Kier molecular flexibility index (Phi) is 4.95. The minimum Gasteiger partial charge on any atom is -0.480 e. The van der Waals surface area contributed by atoms with E-state index >= 15 is 0 Å². The number of alkyl halides is 3. The summed E-state index contributed by atoms with van der Waals surface area (Å²) in [4.78, 5) is 16.3. The first-order valence-corrected chi connectivity index (χ1v) is 10.2. The molecule has 1 fully saturated rings. The van der Waals surface area contributed by atoms with Crippen molar-refractivity contribution >= 4 is 11.5 Å². The number of carbonyl (C=O) groups excluding carboxylic acids is 1. The maximum Gasteiger partial charge on any atom is 0.389 e. The number of amides is 1.